The van der Waals surface area contributed by atoms with Crippen LogP contribution in [0.5, 0.6) is 0 Å². The minimum Gasteiger partial charge on any atom is -0.313 e. The minimum atomic E-state index is -1.14. The summed E-state index contributed by atoms with van der Waals surface area (Å²) >= 11 is 0. The molecule has 1 heterocycles. The van der Waals surface area contributed by atoms with Crippen LogP contribution in [0.3, 0.4) is 0 Å². The van der Waals surface area contributed by atoms with Crippen molar-refractivity contribution in [1.82, 2.24) is 10.2 Å². The monoisotopic (exact) mass is 272 g/mol. The summed E-state index contributed by atoms with van der Waals surface area (Å²) in [6, 6.07) is 1.94. The van der Waals surface area contributed by atoms with Gasteiger partial charge < -0.3 is 10.2 Å². The van der Waals surface area contributed by atoms with Gasteiger partial charge in [-0.3, -0.25) is 0 Å². The predicted molar refractivity (Wildman–Crippen MR) is 68.3 cm³/mol. The first-order valence-electron chi connectivity index (χ1n) is 6.61. The molecule has 2 nitrogen and oxygen atoms in total. The Labute approximate surface area is 111 Å². The molecule has 1 unspecified atom stereocenters. The molecule has 19 heavy (non-hydrogen) atoms. The topological polar surface area (TPSA) is 15.3 Å². The maximum Gasteiger partial charge on any atom is 0.161 e. The second kappa shape index (κ2) is 6.39. The van der Waals surface area contributed by atoms with Crippen LogP contribution < -0.4 is 5.32 Å². The molecule has 0 aromatic heterocycles. The fourth-order valence-corrected chi connectivity index (χ4v) is 2.50. The molecule has 1 aliphatic rings. The average molecular weight is 272 g/mol. The summed E-state index contributed by atoms with van der Waals surface area (Å²) in [7, 11) is 1.86. The molecule has 0 radical (unpaired) electrons. The van der Waals surface area contributed by atoms with Gasteiger partial charge in [-0.2, -0.15) is 0 Å². The Bertz CT molecular complexity index is 431. The lowest BCUT2D eigenvalue weighted by Gasteiger charge is -2.28. The van der Waals surface area contributed by atoms with E-state index in [9.17, 15) is 13.2 Å². The fraction of sp³-hybridized carbons (Fsp3) is 0.571. The summed E-state index contributed by atoms with van der Waals surface area (Å²) in [5.41, 5.74) is 0.192. The Kier molecular flexibility index (Phi) is 4.82. The number of hydrogen-bond donors (Lipinski definition) is 1. The summed E-state index contributed by atoms with van der Waals surface area (Å²) in [6.45, 7) is 2.07. The number of piperidine rings is 1. The maximum atomic E-state index is 13.5. The van der Waals surface area contributed by atoms with E-state index < -0.39 is 17.5 Å². The van der Waals surface area contributed by atoms with E-state index in [1.54, 1.807) is 0 Å². The zero-order valence-corrected chi connectivity index (χ0v) is 11.1. The van der Waals surface area contributed by atoms with Crippen LogP contribution in [0, 0.1) is 17.5 Å². The highest BCUT2D eigenvalue weighted by Gasteiger charge is 2.16. The van der Waals surface area contributed by atoms with Crippen molar-refractivity contribution in [3.8, 4) is 0 Å². The molecule has 1 aliphatic heterocycles. The lowest BCUT2D eigenvalue weighted by atomic mass is 10.0. The van der Waals surface area contributed by atoms with Gasteiger partial charge >= 0.3 is 0 Å². The Morgan fingerprint density at radius 1 is 1.16 bits per heavy atom. The summed E-state index contributed by atoms with van der Waals surface area (Å²) in [5.74, 6) is -2.83. The molecule has 0 amide bonds. The standard InChI is InChI=1S/C14H19F3N2/c1-19(9-11-4-2-3-5-18-11)8-10-6-13(16)14(17)7-12(10)15/h6-7,11,18H,2-5,8-9H2,1H3. The van der Waals surface area contributed by atoms with E-state index >= 15 is 0 Å². The Morgan fingerprint density at radius 2 is 1.89 bits per heavy atom. The first-order chi connectivity index (χ1) is 9.06. The third kappa shape index (κ3) is 3.94. The van der Waals surface area contributed by atoms with Gasteiger partial charge in [-0.05, 0) is 32.5 Å². The predicted octanol–water partition coefficient (Wildman–Crippen LogP) is 2.68. The highest BCUT2D eigenvalue weighted by Crippen LogP contribution is 2.16. The number of halogens is 3. The molecule has 1 saturated heterocycles. The normalized spacial score (nSPS) is 19.9. The van der Waals surface area contributed by atoms with E-state index in [2.05, 4.69) is 5.32 Å². The molecule has 5 heteroatoms. The molecule has 1 N–H and O–H groups in total. The average Bonchev–Trinajstić information content (AvgIpc) is 2.37. The molecule has 0 saturated carbocycles. The first-order valence-corrected chi connectivity index (χ1v) is 6.61. The first kappa shape index (κ1) is 14.3. The van der Waals surface area contributed by atoms with Crippen LogP contribution in [0.2, 0.25) is 0 Å². The smallest absolute Gasteiger partial charge is 0.161 e. The van der Waals surface area contributed by atoms with Crippen molar-refractivity contribution in [2.24, 2.45) is 0 Å². The van der Waals surface area contributed by atoms with Crippen molar-refractivity contribution in [3.63, 3.8) is 0 Å². The fourth-order valence-electron chi connectivity index (χ4n) is 2.50. The molecule has 0 aliphatic carbocycles. The van der Waals surface area contributed by atoms with Crippen molar-refractivity contribution in [2.75, 3.05) is 20.1 Å². The summed E-state index contributed by atoms with van der Waals surface area (Å²) in [5, 5.41) is 3.40. The van der Waals surface area contributed by atoms with E-state index in [4.69, 9.17) is 0 Å². The Morgan fingerprint density at radius 3 is 2.58 bits per heavy atom. The third-order valence-corrected chi connectivity index (χ3v) is 3.47. The highest BCUT2D eigenvalue weighted by atomic mass is 19.2. The molecule has 0 spiro atoms. The van der Waals surface area contributed by atoms with Crippen LogP contribution >= 0.6 is 0 Å². The van der Waals surface area contributed by atoms with Crippen molar-refractivity contribution in [3.05, 3.63) is 35.1 Å². The second-order valence-corrected chi connectivity index (χ2v) is 5.20. The van der Waals surface area contributed by atoms with Crippen LogP contribution in [0.4, 0.5) is 13.2 Å². The zero-order chi connectivity index (χ0) is 13.8. The van der Waals surface area contributed by atoms with Crippen LogP contribution in [0.1, 0.15) is 24.8 Å². The van der Waals surface area contributed by atoms with E-state index in [0.717, 1.165) is 25.6 Å². The van der Waals surface area contributed by atoms with Gasteiger partial charge in [0.1, 0.15) is 5.82 Å². The van der Waals surface area contributed by atoms with Gasteiger partial charge in [-0.15, -0.1) is 0 Å². The van der Waals surface area contributed by atoms with Crippen molar-refractivity contribution >= 4 is 0 Å². The van der Waals surface area contributed by atoms with Gasteiger partial charge in [0.15, 0.2) is 11.6 Å². The van der Waals surface area contributed by atoms with Crippen molar-refractivity contribution < 1.29 is 13.2 Å². The van der Waals surface area contributed by atoms with Gasteiger partial charge in [-0.25, -0.2) is 13.2 Å². The molecule has 106 valence electrons. The largest absolute Gasteiger partial charge is 0.313 e. The van der Waals surface area contributed by atoms with Gasteiger partial charge in [0, 0.05) is 30.8 Å². The Hall–Kier alpha value is -1.07. The SMILES string of the molecule is CN(Cc1cc(F)c(F)cc1F)CC1CCCCN1. The number of nitrogens with zero attached hydrogens (tertiary/aromatic N) is 1. The summed E-state index contributed by atoms with van der Waals surface area (Å²) in [4.78, 5) is 1.93. The molecule has 1 aromatic rings. The van der Waals surface area contributed by atoms with E-state index in [1.807, 2.05) is 11.9 Å². The van der Waals surface area contributed by atoms with Crippen LogP contribution in [-0.4, -0.2) is 31.1 Å². The Balaban J connectivity index is 1.94. The highest BCUT2D eigenvalue weighted by molar-refractivity contribution is 5.20. The lowest BCUT2D eigenvalue weighted by Crippen LogP contribution is -2.42. The summed E-state index contributed by atoms with van der Waals surface area (Å²) < 4.78 is 39.4. The zero-order valence-electron chi connectivity index (χ0n) is 11.1. The quantitative estimate of drug-likeness (QED) is 0.848. The number of nitrogens with one attached hydrogen (secondary N) is 1. The molecule has 1 fully saturated rings. The summed E-state index contributed by atoms with van der Waals surface area (Å²) in [6.07, 6.45) is 3.49. The van der Waals surface area contributed by atoms with Crippen molar-refractivity contribution in [1.29, 1.82) is 0 Å². The van der Waals surface area contributed by atoms with Crippen molar-refractivity contribution in [2.45, 2.75) is 31.8 Å². The second-order valence-electron chi connectivity index (χ2n) is 5.20. The van der Waals surface area contributed by atoms with E-state index in [0.29, 0.717) is 12.1 Å². The number of likely N-dealkylation sites (N-methyl/N-ethyl adjacent to an activating group) is 1. The van der Waals surface area contributed by atoms with Crippen LogP contribution in [0.25, 0.3) is 0 Å². The van der Waals surface area contributed by atoms with Crippen LogP contribution in [-0.2, 0) is 6.54 Å². The van der Waals surface area contributed by atoms with Gasteiger partial charge in [-0.1, -0.05) is 6.42 Å². The van der Waals surface area contributed by atoms with E-state index in [1.165, 1.54) is 12.8 Å². The van der Waals surface area contributed by atoms with Gasteiger partial charge in [0.2, 0.25) is 0 Å². The molecule has 0 bridgehead atoms. The molecular formula is C14H19F3N2. The van der Waals surface area contributed by atoms with Crippen LogP contribution in [0.15, 0.2) is 12.1 Å². The van der Waals surface area contributed by atoms with Gasteiger partial charge in [0.25, 0.3) is 0 Å². The molecule has 1 aromatic carbocycles. The number of rotatable bonds is 4. The lowest BCUT2D eigenvalue weighted by molar-refractivity contribution is 0.253. The number of benzene rings is 1. The minimum absolute atomic E-state index is 0.192. The van der Waals surface area contributed by atoms with Gasteiger partial charge in [0.05, 0.1) is 0 Å². The number of hydrogen-bond acceptors (Lipinski definition) is 2. The maximum absolute atomic E-state index is 13.5. The molecule has 1 atom stereocenters. The molecule has 2 rings (SSSR count). The molecular weight excluding hydrogens is 253 g/mol. The van der Waals surface area contributed by atoms with E-state index in [-0.39, 0.29) is 12.1 Å². The third-order valence-electron chi connectivity index (χ3n) is 3.47.